The van der Waals surface area contributed by atoms with Gasteiger partial charge in [-0.3, -0.25) is 4.79 Å². The number of rotatable bonds is 6. The number of ether oxygens (including phenoxy) is 2. The van der Waals surface area contributed by atoms with Gasteiger partial charge in [-0.05, 0) is 32.0 Å². The van der Waals surface area contributed by atoms with E-state index in [2.05, 4.69) is 4.99 Å². The normalized spacial score (nSPS) is 11.2. The minimum Gasteiger partial charge on any atom is -0.466 e. The van der Waals surface area contributed by atoms with Crippen LogP contribution in [-0.2, 0) is 19.1 Å². The van der Waals surface area contributed by atoms with E-state index in [1.807, 2.05) is 0 Å². The smallest absolute Gasteiger partial charge is 0.340 e. The Morgan fingerprint density at radius 1 is 1.43 bits per heavy atom. The van der Waals surface area contributed by atoms with Crippen molar-refractivity contribution in [2.24, 2.45) is 4.99 Å². The highest BCUT2D eigenvalue weighted by Crippen LogP contribution is 2.23. The van der Waals surface area contributed by atoms with Gasteiger partial charge in [-0.15, -0.1) is 0 Å². The minimum atomic E-state index is -0.709. The van der Waals surface area contributed by atoms with E-state index in [0.29, 0.717) is 0 Å². The number of carbonyl (C=O) groups is 2. The first kappa shape index (κ1) is 16.9. The summed E-state index contributed by atoms with van der Waals surface area (Å²) >= 11 is 5.90. The number of hydrogen-bond donors (Lipinski definition) is 0. The van der Waals surface area contributed by atoms with Crippen LogP contribution in [0.2, 0.25) is 5.02 Å². The molecule has 1 aromatic carbocycles. The Balaban J connectivity index is 2.77. The molecule has 0 N–H and O–H groups in total. The van der Waals surface area contributed by atoms with Gasteiger partial charge in [0, 0.05) is 0 Å². The number of esters is 2. The van der Waals surface area contributed by atoms with E-state index in [9.17, 15) is 14.4 Å². The van der Waals surface area contributed by atoms with E-state index in [1.54, 1.807) is 13.8 Å². The van der Waals surface area contributed by atoms with Crippen LogP contribution in [-0.4, -0.2) is 30.7 Å². The average Bonchev–Trinajstić information content (AvgIpc) is 2.41. The van der Waals surface area contributed by atoms with Crippen LogP contribution in [0.4, 0.5) is 5.69 Å². The molecule has 6 nitrogen and oxygen atoms in total. The minimum absolute atomic E-state index is 0.0522. The molecule has 112 valence electrons. The Morgan fingerprint density at radius 3 is 2.76 bits per heavy atom. The maximum Gasteiger partial charge on any atom is 0.340 e. The summed E-state index contributed by atoms with van der Waals surface area (Å²) in [5, 5.41) is 0.160. The fourth-order valence-corrected chi connectivity index (χ4v) is 1.73. The van der Waals surface area contributed by atoms with Crippen LogP contribution in [0.3, 0.4) is 0 Å². The topological polar surface area (TPSA) is 82.0 Å². The number of hydrogen-bond acceptors (Lipinski definition) is 6. The van der Waals surface area contributed by atoms with Crippen LogP contribution in [0.15, 0.2) is 23.2 Å². The van der Waals surface area contributed by atoms with Gasteiger partial charge in [-0.2, -0.15) is 4.99 Å². The number of isocyanates is 1. The van der Waals surface area contributed by atoms with Crippen LogP contribution in [0.1, 0.15) is 30.6 Å². The highest BCUT2D eigenvalue weighted by Gasteiger charge is 2.18. The summed E-state index contributed by atoms with van der Waals surface area (Å²) in [7, 11) is 0. The van der Waals surface area contributed by atoms with Gasteiger partial charge in [0.1, 0.15) is 6.10 Å². The van der Waals surface area contributed by atoms with E-state index < -0.39 is 18.0 Å². The lowest BCUT2D eigenvalue weighted by Gasteiger charge is -2.13. The fraction of sp³-hybridized carbons (Fsp3) is 0.357. The summed E-state index contributed by atoms with van der Waals surface area (Å²) in [6.45, 7) is 3.51. The molecule has 0 aromatic heterocycles. The molecule has 1 aromatic rings. The van der Waals surface area contributed by atoms with E-state index in [1.165, 1.54) is 24.3 Å². The lowest BCUT2D eigenvalue weighted by molar-refractivity contribution is -0.145. The van der Waals surface area contributed by atoms with Crippen molar-refractivity contribution in [2.45, 2.75) is 26.4 Å². The Morgan fingerprint density at radius 2 is 2.14 bits per heavy atom. The van der Waals surface area contributed by atoms with Crippen LogP contribution in [0.5, 0.6) is 0 Å². The Labute approximate surface area is 126 Å². The standard InChI is InChI=1S/C14H14ClNO5/c1-3-20-13(18)6-9(2)21-14(19)11-7-10(16-8-17)4-5-12(11)15/h4-5,7,9H,3,6H2,1-2H3. The van der Waals surface area contributed by atoms with Crippen molar-refractivity contribution in [3.63, 3.8) is 0 Å². The van der Waals surface area contributed by atoms with Crippen molar-refractivity contribution in [1.29, 1.82) is 0 Å². The van der Waals surface area contributed by atoms with Gasteiger partial charge in [0.05, 0.1) is 29.3 Å². The molecule has 1 atom stereocenters. The molecule has 0 spiro atoms. The molecule has 1 unspecified atom stereocenters. The van der Waals surface area contributed by atoms with Crippen molar-refractivity contribution in [2.75, 3.05) is 6.61 Å². The first-order chi connectivity index (χ1) is 9.97. The number of nitrogens with zero attached hydrogens (tertiary/aromatic N) is 1. The van der Waals surface area contributed by atoms with Crippen molar-refractivity contribution in [1.82, 2.24) is 0 Å². The zero-order valence-electron chi connectivity index (χ0n) is 11.6. The maximum atomic E-state index is 12.0. The molecule has 0 bridgehead atoms. The number of carbonyl (C=O) groups excluding carboxylic acids is 3. The molecule has 0 aliphatic rings. The third-order valence-electron chi connectivity index (χ3n) is 2.41. The second-order valence-corrected chi connectivity index (χ2v) is 4.50. The van der Waals surface area contributed by atoms with Crippen LogP contribution < -0.4 is 0 Å². The van der Waals surface area contributed by atoms with Gasteiger partial charge < -0.3 is 9.47 Å². The monoisotopic (exact) mass is 311 g/mol. The van der Waals surface area contributed by atoms with Crippen molar-refractivity contribution >= 4 is 35.3 Å². The Bertz CT molecular complexity index is 581. The highest BCUT2D eigenvalue weighted by molar-refractivity contribution is 6.33. The highest BCUT2D eigenvalue weighted by atomic mass is 35.5. The first-order valence-electron chi connectivity index (χ1n) is 6.22. The number of aliphatic imine (C=N–C) groups is 1. The first-order valence-corrected chi connectivity index (χ1v) is 6.59. The molecule has 0 aliphatic carbocycles. The van der Waals surface area contributed by atoms with E-state index in [4.69, 9.17) is 21.1 Å². The molecule has 21 heavy (non-hydrogen) atoms. The summed E-state index contributed by atoms with van der Waals surface area (Å²) in [5.74, 6) is -1.16. The summed E-state index contributed by atoms with van der Waals surface area (Å²) in [5.41, 5.74) is 0.295. The number of benzene rings is 1. The fourth-order valence-electron chi connectivity index (χ4n) is 1.53. The predicted octanol–water partition coefficient (Wildman–Crippen LogP) is 2.81. The zero-order chi connectivity index (χ0) is 15.8. The molecular weight excluding hydrogens is 298 g/mol. The Kier molecular flexibility index (Phi) is 6.59. The van der Waals surface area contributed by atoms with E-state index in [0.717, 1.165) is 0 Å². The summed E-state index contributed by atoms with van der Waals surface area (Å²) in [6.07, 6.45) is 0.656. The largest absolute Gasteiger partial charge is 0.466 e. The lowest BCUT2D eigenvalue weighted by atomic mass is 10.2. The van der Waals surface area contributed by atoms with Crippen LogP contribution in [0.25, 0.3) is 0 Å². The van der Waals surface area contributed by atoms with Crippen LogP contribution >= 0.6 is 11.6 Å². The predicted molar refractivity (Wildman–Crippen MR) is 75.4 cm³/mol. The van der Waals surface area contributed by atoms with Gasteiger partial charge in [0.15, 0.2) is 0 Å². The van der Waals surface area contributed by atoms with E-state index >= 15 is 0 Å². The maximum absolute atomic E-state index is 12.0. The average molecular weight is 312 g/mol. The van der Waals surface area contributed by atoms with E-state index in [-0.39, 0.29) is 29.3 Å². The van der Waals surface area contributed by atoms with Crippen molar-refractivity contribution in [3.05, 3.63) is 28.8 Å². The SMILES string of the molecule is CCOC(=O)CC(C)OC(=O)c1cc(N=C=O)ccc1Cl. The zero-order valence-corrected chi connectivity index (χ0v) is 12.3. The molecule has 0 saturated heterocycles. The summed E-state index contributed by atoms with van der Waals surface area (Å²) in [4.78, 5) is 36.9. The summed E-state index contributed by atoms with van der Waals surface area (Å²) < 4.78 is 9.86. The second kappa shape index (κ2) is 8.19. The summed E-state index contributed by atoms with van der Waals surface area (Å²) in [6, 6.07) is 4.20. The molecular formula is C14H14ClNO5. The molecule has 0 fully saturated rings. The molecule has 7 heteroatoms. The van der Waals surface area contributed by atoms with Crippen molar-refractivity contribution in [3.8, 4) is 0 Å². The van der Waals surface area contributed by atoms with Gasteiger partial charge in [0.2, 0.25) is 6.08 Å². The van der Waals surface area contributed by atoms with Gasteiger partial charge >= 0.3 is 11.9 Å². The van der Waals surface area contributed by atoms with Gasteiger partial charge in [-0.1, -0.05) is 11.6 Å². The molecule has 0 amide bonds. The third kappa shape index (κ3) is 5.38. The molecule has 0 radical (unpaired) electrons. The Hall–Kier alpha value is -2.17. The number of halogens is 1. The third-order valence-corrected chi connectivity index (χ3v) is 2.74. The van der Waals surface area contributed by atoms with Gasteiger partial charge in [0.25, 0.3) is 0 Å². The molecule has 0 saturated carbocycles. The second-order valence-electron chi connectivity index (χ2n) is 4.09. The van der Waals surface area contributed by atoms with Crippen LogP contribution in [0, 0.1) is 0 Å². The molecule has 0 heterocycles. The van der Waals surface area contributed by atoms with Crippen molar-refractivity contribution < 1.29 is 23.9 Å². The van der Waals surface area contributed by atoms with Gasteiger partial charge in [-0.25, -0.2) is 9.59 Å². The lowest BCUT2D eigenvalue weighted by Crippen LogP contribution is -2.20. The molecule has 0 aliphatic heterocycles. The quantitative estimate of drug-likeness (QED) is 0.458. The molecule has 1 rings (SSSR count).